The number of alkyl halides is 3. The summed E-state index contributed by atoms with van der Waals surface area (Å²) in [7, 11) is 1.91. The fourth-order valence-corrected chi connectivity index (χ4v) is 3.19. The summed E-state index contributed by atoms with van der Waals surface area (Å²) in [6.45, 7) is 11.3. The van der Waals surface area contributed by atoms with Crippen LogP contribution < -0.4 is 15.0 Å². The highest BCUT2D eigenvalue weighted by Gasteiger charge is 2.31. The molecule has 8 heteroatoms. The van der Waals surface area contributed by atoms with Gasteiger partial charge in [-0.2, -0.15) is 0 Å². The summed E-state index contributed by atoms with van der Waals surface area (Å²) >= 11 is 0. The van der Waals surface area contributed by atoms with Crippen LogP contribution in [-0.4, -0.2) is 25.1 Å². The van der Waals surface area contributed by atoms with Crippen LogP contribution in [0.3, 0.4) is 0 Å². The van der Waals surface area contributed by atoms with Gasteiger partial charge in [0.2, 0.25) is 0 Å². The minimum Gasteiger partial charge on any atom is -0.444 e. The highest BCUT2D eigenvalue weighted by Crippen LogP contribution is 2.36. The maximum atomic E-state index is 12.5. The molecule has 0 aliphatic rings. The van der Waals surface area contributed by atoms with E-state index in [2.05, 4.69) is 17.0 Å². The zero-order valence-corrected chi connectivity index (χ0v) is 20.1. The van der Waals surface area contributed by atoms with E-state index in [1.165, 1.54) is 12.1 Å². The molecule has 0 radical (unpaired) electrons. The first-order valence-electron chi connectivity index (χ1n) is 10.6. The van der Waals surface area contributed by atoms with Crippen molar-refractivity contribution in [1.29, 1.82) is 0 Å². The molecule has 0 spiro atoms. The summed E-state index contributed by atoms with van der Waals surface area (Å²) in [6.07, 6.45) is -2.47. The van der Waals surface area contributed by atoms with Gasteiger partial charge in [-0.15, -0.1) is 13.2 Å². The zero-order chi connectivity index (χ0) is 25.0. The Morgan fingerprint density at radius 1 is 1.12 bits per heavy atom. The number of carbonyl (C=O) groups excluding carboxylic acids is 1. The second-order valence-electron chi connectivity index (χ2n) is 8.81. The third-order valence-electron chi connectivity index (χ3n) is 4.78. The topological polar surface area (TPSA) is 50.8 Å². The SMILES string of the molecule is CCC(C)=CN(C)c1cc(NC(=O)OC(C)(C)C)cc(-c2ccc(OC(F)(F)F)cc2)c1C. The third-order valence-corrected chi connectivity index (χ3v) is 4.78. The normalized spacial score (nSPS) is 12.4. The van der Waals surface area contributed by atoms with E-state index >= 15 is 0 Å². The number of anilines is 2. The van der Waals surface area contributed by atoms with E-state index in [0.29, 0.717) is 11.3 Å². The molecule has 0 fully saturated rings. The van der Waals surface area contributed by atoms with E-state index < -0.39 is 18.1 Å². The van der Waals surface area contributed by atoms with Gasteiger partial charge in [0, 0.05) is 24.6 Å². The predicted molar refractivity (Wildman–Crippen MR) is 126 cm³/mol. The van der Waals surface area contributed by atoms with Crippen LogP contribution in [0.2, 0.25) is 0 Å². The molecule has 5 nitrogen and oxygen atoms in total. The summed E-state index contributed by atoms with van der Waals surface area (Å²) in [5.74, 6) is -0.300. The first-order chi connectivity index (χ1) is 15.2. The molecule has 2 aromatic rings. The van der Waals surface area contributed by atoms with Crippen LogP contribution in [-0.2, 0) is 4.74 Å². The molecule has 0 unspecified atom stereocenters. The van der Waals surface area contributed by atoms with Gasteiger partial charge >= 0.3 is 12.5 Å². The van der Waals surface area contributed by atoms with E-state index in [0.717, 1.165) is 28.8 Å². The number of carbonyl (C=O) groups is 1. The van der Waals surface area contributed by atoms with E-state index in [4.69, 9.17) is 4.74 Å². The number of halogens is 3. The number of benzene rings is 2. The highest BCUT2D eigenvalue weighted by molar-refractivity contribution is 5.89. The second-order valence-corrected chi connectivity index (χ2v) is 8.81. The smallest absolute Gasteiger partial charge is 0.444 e. The number of ether oxygens (including phenoxy) is 2. The van der Waals surface area contributed by atoms with Crippen molar-refractivity contribution in [3.63, 3.8) is 0 Å². The lowest BCUT2D eigenvalue weighted by molar-refractivity contribution is -0.274. The lowest BCUT2D eigenvalue weighted by Gasteiger charge is -2.24. The van der Waals surface area contributed by atoms with E-state index in [-0.39, 0.29) is 5.75 Å². The fraction of sp³-hybridized carbons (Fsp3) is 0.400. The highest BCUT2D eigenvalue weighted by atomic mass is 19.4. The van der Waals surface area contributed by atoms with Crippen molar-refractivity contribution in [3.8, 4) is 16.9 Å². The van der Waals surface area contributed by atoms with Gasteiger partial charge in [-0.25, -0.2) is 4.79 Å². The van der Waals surface area contributed by atoms with Crippen molar-refractivity contribution in [3.05, 3.63) is 53.7 Å². The Balaban J connectivity index is 2.52. The monoisotopic (exact) mass is 464 g/mol. The van der Waals surface area contributed by atoms with Gasteiger partial charge in [0.25, 0.3) is 0 Å². The molecular weight excluding hydrogens is 433 g/mol. The van der Waals surface area contributed by atoms with Gasteiger partial charge in [0.15, 0.2) is 0 Å². The Morgan fingerprint density at radius 2 is 1.73 bits per heavy atom. The minimum absolute atomic E-state index is 0.300. The van der Waals surface area contributed by atoms with Gasteiger partial charge in [-0.1, -0.05) is 24.6 Å². The molecule has 1 amide bonds. The molecule has 180 valence electrons. The van der Waals surface area contributed by atoms with Gasteiger partial charge in [-0.3, -0.25) is 5.32 Å². The van der Waals surface area contributed by atoms with Crippen LogP contribution in [0.15, 0.2) is 48.2 Å². The molecule has 0 bridgehead atoms. The lowest BCUT2D eigenvalue weighted by atomic mass is 9.97. The number of hydrogen-bond acceptors (Lipinski definition) is 4. The van der Waals surface area contributed by atoms with Crippen molar-refractivity contribution in [2.24, 2.45) is 0 Å². The molecule has 1 N–H and O–H groups in total. The van der Waals surface area contributed by atoms with Gasteiger partial charge in [0.05, 0.1) is 0 Å². The van der Waals surface area contributed by atoms with Crippen LogP contribution in [0.25, 0.3) is 11.1 Å². The maximum absolute atomic E-state index is 12.5. The number of nitrogens with one attached hydrogen (secondary N) is 1. The molecule has 0 atom stereocenters. The number of nitrogens with zero attached hydrogens (tertiary/aromatic N) is 1. The van der Waals surface area contributed by atoms with Crippen molar-refractivity contribution >= 4 is 17.5 Å². The molecule has 2 rings (SSSR count). The largest absolute Gasteiger partial charge is 0.573 e. The number of amides is 1. The van der Waals surface area contributed by atoms with Crippen molar-refractivity contribution in [2.75, 3.05) is 17.3 Å². The van der Waals surface area contributed by atoms with E-state index in [1.54, 1.807) is 39.0 Å². The van der Waals surface area contributed by atoms with Gasteiger partial charge < -0.3 is 14.4 Å². The molecule has 0 aromatic heterocycles. The maximum Gasteiger partial charge on any atom is 0.573 e. The van der Waals surface area contributed by atoms with Crippen molar-refractivity contribution in [1.82, 2.24) is 0 Å². The quantitative estimate of drug-likeness (QED) is 0.477. The number of rotatable bonds is 6. The van der Waals surface area contributed by atoms with Gasteiger partial charge in [0.1, 0.15) is 11.4 Å². The Morgan fingerprint density at radius 3 is 2.24 bits per heavy atom. The standard InChI is InChI=1S/C25H31F3N2O3/c1-8-16(2)15-30(7)22-14-19(29-23(31)33-24(4,5)6)13-21(17(22)3)18-9-11-20(12-10-18)32-25(26,27)28/h9-15H,8H2,1-7H3,(H,29,31). The van der Waals surface area contributed by atoms with Crippen LogP contribution in [0.5, 0.6) is 5.75 Å². The molecule has 0 saturated carbocycles. The van der Waals surface area contributed by atoms with Crippen LogP contribution >= 0.6 is 0 Å². The van der Waals surface area contributed by atoms with Gasteiger partial charge in [-0.05, 0) is 82.0 Å². The molecule has 2 aromatic carbocycles. The predicted octanol–water partition coefficient (Wildman–Crippen LogP) is 7.66. The number of allylic oxidation sites excluding steroid dienone is 1. The minimum atomic E-state index is -4.76. The average Bonchev–Trinajstić information content (AvgIpc) is 2.67. The number of hydrogen-bond donors (Lipinski definition) is 1. The lowest BCUT2D eigenvalue weighted by Crippen LogP contribution is -2.27. The summed E-state index contributed by atoms with van der Waals surface area (Å²) in [5, 5.41) is 2.76. The van der Waals surface area contributed by atoms with Crippen LogP contribution in [0, 0.1) is 6.92 Å². The first kappa shape index (κ1) is 26.1. The fourth-order valence-electron chi connectivity index (χ4n) is 3.19. The van der Waals surface area contributed by atoms with Crippen LogP contribution in [0.4, 0.5) is 29.3 Å². The summed E-state index contributed by atoms with van der Waals surface area (Å²) < 4.78 is 46.9. The summed E-state index contributed by atoms with van der Waals surface area (Å²) in [6, 6.07) is 9.24. The average molecular weight is 465 g/mol. The van der Waals surface area contributed by atoms with Crippen molar-refractivity contribution in [2.45, 2.75) is 59.9 Å². The molecule has 33 heavy (non-hydrogen) atoms. The molecule has 0 heterocycles. The molecular formula is C25H31F3N2O3. The Hall–Kier alpha value is -3.16. The molecule has 0 aliphatic heterocycles. The Bertz CT molecular complexity index is 1010. The zero-order valence-electron chi connectivity index (χ0n) is 20.1. The second kappa shape index (κ2) is 10.2. The molecule has 0 aliphatic carbocycles. The molecule has 0 saturated heterocycles. The first-order valence-corrected chi connectivity index (χ1v) is 10.6. The Kier molecular flexibility index (Phi) is 8.06. The van der Waals surface area contributed by atoms with E-state index in [9.17, 15) is 18.0 Å². The van der Waals surface area contributed by atoms with Crippen LogP contribution in [0.1, 0.15) is 46.6 Å². The summed E-state index contributed by atoms with van der Waals surface area (Å²) in [4.78, 5) is 14.3. The van der Waals surface area contributed by atoms with E-state index in [1.807, 2.05) is 38.1 Å². The van der Waals surface area contributed by atoms with Crippen molar-refractivity contribution < 1.29 is 27.4 Å². The third kappa shape index (κ3) is 8.04. The Labute approximate surface area is 193 Å². The summed E-state index contributed by atoms with van der Waals surface area (Å²) in [5.41, 5.74) is 4.18.